The minimum absolute atomic E-state index is 0.210. The van der Waals surface area contributed by atoms with Crippen LogP contribution in [0.3, 0.4) is 0 Å². The van der Waals surface area contributed by atoms with Crippen LogP contribution in [0.4, 0.5) is 8.78 Å². The van der Waals surface area contributed by atoms with Crippen LogP contribution in [0.5, 0.6) is 5.75 Å². The molecule has 0 heterocycles. The van der Waals surface area contributed by atoms with E-state index >= 15 is 0 Å². The Bertz CT molecular complexity index is 692. The third-order valence-corrected chi connectivity index (χ3v) is 3.60. The van der Waals surface area contributed by atoms with Gasteiger partial charge < -0.3 is 10.1 Å². The molecule has 0 saturated heterocycles. The lowest BCUT2D eigenvalue weighted by atomic mass is 10.1. The number of hydrogen-bond donors (Lipinski definition) is 1. The van der Waals surface area contributed by atoms with Crippen LogP contribution in [0.2, 0.25) is 0 Å². The summed E-state index contributed by atoms with van der Waals surface area (Å²) in [5.41, 5.74) is 1.22. The molecule has 1 N–H and O–H groups in total. The minimum Gasteiger partial charge on any atom is -0.483 e. The number of carbonyl (C=O) groups excluding carboxylic acids is 1. The van der Waals surface area contributed by atoms with Gasteiger partial charge >= 0.3 is 0 Å². The first kappa shape index (κ1) is 16.4. The van der Waals surface area contributed by atoms with Crippen LogP contribution in [-0.2, 0) is 11.3 Å². The van der Waals surface area contributed by atoms with Crippen molar-refractivity contribution in [1.82, 2.24) is 5.32 Å². The average Bonchev–Trinajstić information content (AvgIpc) is 2.47. The summed E-state index contributed by atoms with van der Waals surface area (Å²) in [5, 5.41) is 2.63. The smallest absolute Gasteiger partial charge is 0.258 e. The summed E-state index contributed by atoms with van der Waals surface area (Å²) in [6.45, 7) is 1.68. The lowest BCUT2D eigenvalue weighted by molar-refractivity contribution is -0.123. The van der Waals surface area contributed by atoms with Gasteiger partial charge in [0.1, 0.15) is 17.4 Å². The first-order chi connectivity index (χ1) is 10.5. The van der Waals surface area contributed by atoms with Crippen LogP contribution >= 0.6 is 15.9 Å². The summed E-state index contributed by atoms with van der Waals surface area (Å²) in [6, 6.07) is 8.71. The van der Waals surface area contributed by atoms with E-state index in [0.29, 0.717) is 21.3 Å². The van der Waals surface area contributed by atoms with Crippen molar-refractivity contribution in [3.8, 4) is 5.75 Å². The second-order valence-electron chi connectivity index (χ2n) is 4.72. The van der Waals surface area contributed by atoms with Crippen molar-refractivity contribution in [2.75, 3.05) is 6.61 Å². The monoisotopic (exact) mass is 369 g/mol. The molecule has 0 aromatic heterocycles. The van der Waals surface area contributed by atoms with E-state index in [0.717, 1.165) is 0 Å². The fourth-order valence-electron chi connectivity index (χ4n) is 1.73. The standard InChI is InChI=1S/C16H14BrF2NO2/c1-10-2-3-11(6-14(10)19)8-20-16(21)9-22-15-5-4-12(18)7-13(15)17/h2-7H,8-9H2,1H3,(H,20,21). The van der Waals surface area contributed by atoms with Gasteiger partial charge in [-0.3, -0.25) is 4.79 Å². The number of amides is 1. The highest BCUT2D eigenvalue weighted by Crippen LogP contribution is 2.25. The normalized spacial score (nSPS) is 10.4. The summed E-state index contributed by atoms with van der Waals surface area (Å²) in [4.78, 5) is 11.7. The van der Waals surface area contributed by atoms with Gasteiger partial charge in [0, 0.05) is 6.54 Å². The summed E-state index contributed by atoms with van der Waals surface area (Å²) in [7, 11) is 0. The maximum Gasteiger partial charge on any atom is 0.258 e. The molecule has 0 aliphatic rings. The van der Waals surface area contributed by atoms with Crippen LogP contribution in [0.25, 0.3) is 0 Å². The zero-order chi connectivity index (χ0) is 16.1. The lowest BCUT2D eigenvalue weighted by Gasteiger charge is -2.09. The number of halogens is 3. The summed E-state index contributed by atoms with van der Waals surface area (Å²) in [6.07, 6.45) is 0. The number of aryl methyl sites for hydroxylation is 1. The molecule has 0 aliphatic heterocycles. The number of benzene rings is 2. The van der Waals surface area contributed by atoms with E-state index in [4.69, 9.17) is 4.74 Å². The van der Waals surface area contributed by atoms with Crippen molar-refractivity contribution >= 4 is 21.8 Å². The van der Waals surface area contributed by atoms with E-state index in [1.807, 2.05) is 0 Å². The van der Waals surface area contributed by atoms with Crippen LogP contribution < -0.4 is 10.1 Å². The van der Waals surface area contributed by atoms with Crippen LogP contribution in [-0.4, -0.2) is 12.5 Å². The Morgan fingerprint density at radius 2 is 2.00 bits per heavy atom. The molecule has 22 heavy (non-hydrogen) atoms. The molecular weight excluding hydrogens is 356 g/mol. The number of ether oxygens (including phenoxy) is 1. The van der Waals surface area contributed by atoms with Gasteiger partial charge in [-0.1, -0.05) is 12.1 Å². The fourth-order valence-corrected chi connectivity index (χ4v) is 2.20. The molecule has 0 bridgehead atoms. The Labute approximate surface area is 135 Å². The van der Waals surface area contributed by atoms with Gasteiger partial charge in [0.2, 0.25) is 0 Å². The maximum absolute atomic E-state index is 13.4. The Kier molecular flexibility index (Phi) is 5.49. The summed E-state index contributed by atoms with van der Waals surface area (Å²) >= 11 is 3.15. The molecule has 2 aromatic carbocycles. The Balaban J connectivity index is 1.84. The summed E-state index contributed by atoms with van der Waals surface area (Å²) in [5.74, 6) is -0.682. The van der Waals surface area contributed by atoms with Crippen LogP contribution in [0.1, 0.15) is 11.1 Å². The van der Waals surface area contributed by atoms with Crippen LogP contribution in [0.15, 0.2) is 40.9 Å². The highest BCUT2D eigenvalue weighted by Gasteiger charge is 2.07. The average molecular weight is 370 g/mol. The largest absolute Gasteiger partial charge is 0.483 e. The topological polar surface area (TPSA) is 38.3 Å². The third kappa shape index (κ3) is 4.53. The third-order valence-electron chi connectivity index (χ3n) is 2.98. The number of carbonyl (C=O) groups is 1. The predicted octanol–water partition coefficient (Wildman–Crippen LogP) is 3.73. The van der Waals surface area contributed by atoms with Crippen molar-refractivity contribution in [3.05, 3.63) is 63.6 Å². The SMILES string of the molecule is Cc1ccc(CNC(=O)COc2ccc(F)cc2Br)cc1F. The Hall–Kier alpha value is -1.95. The molecule has 116 valence electrons. The predicted molar refractivity (Wildman–Crippen MR) is 82.6 cm³/mol. The molecule has 6 heteroatoms. The van der Waals surface area contributed by atoms with Crippen molar-refractivity contribution in [3.63, 3.8) is 0 Å². The molecule has 3 nitrogen and oxygen atoms in total. The van der Waals surface area contributed by atoms with Gasteiger partial charge in [0.15, 0.2) is 6.61 Å². The maximum atomic E-state index is 13.4. The van der Waals surface area contributed by atoms with Gasteiger partial charge in [-0.25, -0.2) is 8.78 Å². The molecule has 1 amide bonds. The highest BCUT2D eigenvalue weighted by atomic mass is 79.9. The van der Waals surface area contributed by atoms with Crippen molar-refractivity contribution < 1.29 is 18.3 Å². The van der Waals surface area contributed by atoms with Crippen LogP contribution in [0, 0.1) is 18.6 Å². The Morgan fingerprint density at radius 3 is 2.68 bits per heavy atom. The number of rotatable bonds is 5. The molecule has 0 spiro atoms. The molecule has 0 unspecified atom stereocenters. The second-order valence-corrected chi connectivity index (χ2v) is 5.58. The fraction of sp³-hybridized carbons (Fsp3) is 0.188. The van der Waals surface area contributed by atoms with E-state index in [1.54, 1.807) is 19.1 Å². The van der Waals surface area contributed by atoms with Gasteiger partial charge in [-0.15, -0.1) is 0 Å². The first-order valence-electron chi connectivity index (χ1n) is 6.55. The second kappa shape index (κ2) is 7.35. The van der Waals surface area contributed by atoms with Gasteiger partial charge in [0.25, 0.3) is 5.91 Å². The zero-order valence-corrected chi connectivity index (χ0v) is 13.4. The molecule has 2 rings (SSSR count). The molecule has 2 aromatic rings. The van der Waals surface area contributed by atoms with E-state index in [-0.39, 0.29) is 24.9 Å². The molecule has 0 fully saturated rings. The Morgan fingerprint density at radius 1 is 1.23 bits per heavy atom. The quantitative estimate of drug-likeness (QED) is 0.871. The van der Waals surface area contributed by atoms with Gasteiger partial charge in [-0.2, -0.15) is 0 Å². The molecule has 0 aliphatic carbocycles. The lowest BCUT2D eigenvalue weighted by Crippen LogP contribution is -2.28. The number of nitrogens with one attached hydrogen (secondary N) is 1. The summed E-state index contributed by atoms with van der Waals surface area (Å²) < 4.78 is 32.0. The zero-order valence-electron chi connectivity index (χ0n) is 11.8. The van der Waals surface area contributed by atoms with E-state index in [2.05, 4.69) is 21.2 Å². The molecule has 0 radical (unpaired) electrons. The van der Waals surface area contributed by atoms with E-state index < -0.39 is 5.82 Å². The van der Waals surface area contributed by atoms with Gasteiger partial charge in [0.05, 0.1) is 4.47 Å². The first-order valence-corrected chi connectivity index (χ1v) is 7.34. The van der Waals surface area contributed by atoms with Crippen molar-refractivity contribution in [2.24, 2.45) is 0 Å². The highest BCUT2D eigenvalue weighted by molar-refractivity contribution is 9.10. The molecule has 0 atom stereocenters. The van der Waals surface area contributed by atoms with E-state index in [9.17, 15) is 13.6 Å². The van der Waals surface area contributed by atoms with Gasteiger partial charge in [-0.05, 0) is 58.2 Å². The van der Waals surface area contributed by atoms with E-state index in [1.165, 1.54) is 24.3 Å². The minimum atomic E-state index is -0.398. The molecular formula is C16H14BrF2NO2. The number of hydrogen-bond acceptors (Lipinski definition) is 2. The van der Waals surface area contributed by atoms with Crippen molar-refractivity contribution in [2.45, 2.75) is 13.5 Å². The molecule has 0 saturated carbocycles. The van der Waals surface area contributed by atoms with Crippen molar-refractivity contribution in [1.29, 1.82) is 0 Å².